The average Bonchev–Trinajstić information content (AvgIpc) is 2.71. The molecule has 0 spiro atoms. The highest BCUT2D eigenvalue weighted by molar-refractivity contribution is 5.80. The van der Waals surface area contributed by atoms with Crippen molar-refractivity contribution >= 4 is 5.91 Å². The molecule has 1 N–H and O–H groups in total. The number of carbonyl (C=O) groups is 1. The minimum Gasteiger partial charge on any atom is -0.508 e. The lowest BCUT2D eigenvalue weighted by atomic mass is 10.1. The molecule has 2 aliphatic rings. The lowest BCUT2D eigenvalue weighted by Gasteiger charge is -2.29. The second-order valence-corrected chi connectivity index (χ2v) is 6.13. The number of carbonyl (C=O) groups excluding carboxylic acids is 1. The summed E-state index contributed by atoms with van der Waals surface area (Å²) in [6.07, 6.45) is 0.250. The van der Waals surface area contributed by atoms with E-state index in [1.807, 2.05) is 11.0 Å². The monoisotopic (exact) mass is 290 g/mol. The van der Waals surface area contributed by atoms with Crippen LogP contribution in [0.1, 0.15) is 5.56 Å². The summed E-state index contributed by atoms with van der Waals surface area (Å²) in [7, 11) is 2.10. The number of aromatic hydroxyl groups is 1. The van der Waals surface area contributed by atoms with Crippen molar-refractivity contribution in [1.82, 2.24) is 9.80 Å². The number of phenols is 1. The lowest BCUT2D eigenvalue weighted by molar-refractivity contribution is -0.133. The summed E-state index contributed by atoms with van der Waals surface area (Å²) in [6, 6.07) is 7.16. The van der Waals surface area contributed by atoms with E-state index in [1.54, 1.807) is 18.2 Å². The maximum absolute atomic E-state index is 12.7. The Morgan fingerprint density at radius 2 is 2.10 bits per heavy atom. The fraction of sp³-hybridized carbons (Fsp3) is 0.562. The maximum atomic E-state index is 12.7. The summed E-state index contributed by atoms with van der Waals surface area (Å²) < 4.78 is 5.69. The first-order valence-corrected chi connectivity index (χ1v) is 7.46. The Hall–Kier alpha value is -1.59. The van der Waals surface area contributed by atoms with Gasteiger partial charge in [0.1, 0.15) is 5.75 Å². The number of fused-ring (bicyclic) bond motifs is 3. The third-order valence-corrected chi connectivity index (χ3v) is 4.31. The molecular weight excluding hydrogens is 268 g/mol. The van der Waals surface area contributed by atoms with Crippen molar-refractivity contribution in [2.24, 2.45) is 5.92 Å². The van der Waals surface area contributed by atoms with Gasteiger partial charge in [-0.15, -0.1) is 0 Å². The number of ether oxygens (including phenoxy) is 1. The van der Waals surface area contributed by atoms with Crippen molar-refractivity contribution in [3.8, 4) is 5.75 Å². The highest BCUT2D eigenvalue weighted by Crippen LogP contribution is 2.22. The van der Waals surface area contributed by atoms with Gasteiger partial charge in [-0.05, 0) is 13.1 Å². The van der Waals surface area contributed by atoms with E-state index in [-0.39, 0.29) is 24.1 Å². The van der Waals surface area contributed by atoms with Crippen LogP contribution in [-0.2, 0) is 16.0 Å². The van der Waals surface area contributed by atoms with Gasteiger partial charge in [0.05, 0.1) is 25.7 Å². The minimum atomic E-state index is 0.0762. The van der Waals surface area contributed by atoms with Gasteiger partial charge < -0.3 is 19.6 Å². The Labute approximate surface area is 125 Å². The molecule has 2 saturated heterocycles. The van der Waals surface area contributed by atoms with E-state index in [4.69, 9.17) is 4.74 Å². The first-order chi connectivity index (χ1) is 10.1. The van der Waals surface area contributed by atoms with Crippen LogP contribution in [0.5, 0.6) is 5.75 Å². The number of nitrogens with zero attached hydrogens (tertiary/aromatic N) is 2. The second kappa shape index (κ2) is 6.03. The third kappa shape index (κ3) is 3.19. The quantitative estimate of drug-likeness (QED) is 0.872. The highest BCUT2D eigenvalue weighted by Gasteiger charge is 2.34. The Morgan fingerprint density at radius 1 is 1.29 bits per heavy atom. The number of likely N-dealkylation sites (N-methyl/N-ethyl adjacent to an activating group) is 1. The Morgan fingerprint density at radius 3 is 2.90 bits per heavy atom. The standard InChI is InChI=1S/C16H22N2O3/c1-17-7-12-8-18(14(9-17)11-21-10-12)16(20)6-13-4-2-3-5-15(13)19/h2-5,12,14,19H,6-11H2,1H3/t12-,14-/m0/s1. The summed E-state index contributed by atoms with van der Waals surface area (Å²) in [6.45, 7) is 3.90. The summed E-state index contributed by atoms with van der Waals surface area (Å²) in [5.41, 5.74) is 0.690. The van der Waals surface area contributed by atoms with Crippen LogP contribution in [0.4, 0.5) is 0 Å². The minimum absolute atomic E-state index is 0.0762. The molecule has 5 nitrogen and oxygen atoms in total. The van der Waals surface area contributed by atoms with Gasteiger partial charge in [0.2, 0.25) is 5.91 Å². The molecule has 3 rings (SSSR count). The Bertz CT molecular complexity index is 520. The second-order valence-electron chi connectivity index (χ2n) is 6.13. The molecule has 0 saturated carbocycles. The van der Waals surface area contributed by atoms with Gasteiger partial charge in [-0.2, -0.15) is 0 Å². The molecule has 2 heterocycles. The zero-order valence-electron chi connectivity index (χ0n) is 12.4. The van der Waals surface area contributed by atoms with E-state index < -0.39 is 0 Å². The van der Waals surface area contributed by atoms with Crippen LogP contribution < -0.4 is 0 Å². The van der Waals surface area contributed by atoms with E-state index in [1.165, 1.54) is 0 Å². The summed E-state index contributed by atoms with van der Waals surface area (Å²) in [5, 5.41) is 9.84. The molecule has 0 aromatic heterocycles. The first kappa shape index (κ1) is 14.4. The molecule has 0 unspecified atom stereocenters. The van der Waals surface area contributed by atoms with Crippen molar-refractivity contribution in [2.75, 3.05) is 39.9 Å². The summed E-state index contributed by atoms with van der Waals surface area (Å²) in [5.74, 6) is 0.639. The van der Waals surface area contributed by atoms with Gasteiger partial charge in [0.15, 0.2) is 0 Å². The molecule has 1 aromatic carbocycles. The van der Waals surface area contributed by atoms with E-state index in [2.05, 4.69) is 11.9 Å². The van der Waals surface area contributed by atoms with E-state index >= 15 is 0 Å². The third-order valence-electron chi connectivity index (χ3n) is 4.31. The van der Waals surface area contributed by atoms with Gasteiger partial charge >= 0.3 is 0 Å². The predicted molar refractivity (Wildman–Crippen MR) is 79.1 cm³/mol. The van der Waals surface area contributed by atoms with Crippen molar-refractivity contribution in [1.29, 1.82) is 0 Å². The van der Waals surface area contributed by atoms with Crippen LogP contribution in [-0.4, -0.2) is 66.8 Å². The lowest BCUT2D eigenvalue weighted by Crippen LogP contribution is -2.46. The number of hydrogen-bond acceptors (Lipinski definition) is 4. The molecule has 2 aliphatic heterocycles. The fourth-order valence-corrected chi connectivity index (χ4v) is 3.31. The van der Waals surface area contributed by atoms with Gasteiger partial charge in [0, 0.05) is 31.1 Å². The van der Waals surface area contributed by atoms with Gasteiger partial charge in [-0.25, -0.2) is 0 Å². The molecular formula is C16H22N2O3. The largest absolute Gasteiger partial charge is 0.508 e. The van der Waals surface area contributed by atoms with Crippen LogP contribution in [0.2, 0.25) is 0 Å². The normalized spacial score (nSPS) is 26.4. The summed E-state index contributed by atoms with van der Waals surface area (Å²) in [4.78, 5) is 16.9. The molecule has 5 heteroatoms. The molecule has 2 atom stereocenters. The number of phenolic OH excluding ortho intramolecular Hbond substituents is 1. The molecule has 21 heavy (non-hydrogen) atoms. The van der Waals surface area contributed by atoms with Crippen LogP contribution in [0.3, 0.4) is 0 Å². The van der Waals surface area contributed by atoms with Crippen molar-refractivity contribution < 1.29 is 14.6 Å². The number of benzene rings is 1. The van der Waals surface area contributed by atoms with Crippen LogP contribution in [0.25, 0.3) is 0 Å². The molecule has 1 amide bonds. The Kier molecular flexibility index (Phi) is 4.12. The van der Waals surface area contributed by atoms with Crippen molar-refractivity contribution in [3.05, 3.63) is 29.8 Å². The van der Waals surface area contributed by atoms with Crippen molar-refractivity contribution in [3.63, 3.8) is 0 Å². The van der Waals surface area contributed by atoms with Crippen LogP contribution in [0, 0.1) is 5.92 Å². The van der Waals surface area contributed by atoms with E-state index in [0.29, 0.717) is 18.1 Å². The fourth-order valence-electron chi connectivity index (χ4n) is 3.31. The highest BCUT2D eigenvalue weighted by atomic mass is 16.5. The first-order valence-electron chi connectivity index (χ1n) is 7.46. The number of para-hydroxylation sites is 1. The number of amides is 1. The van der Waals surface area contributed by atoms with Gasteiger partial charge in [0.25, 0.3) is 0 Å². The van der Waals surface area contributed by atoms with E-state index in [0.717, 1.165) is 26.2 Å². The average molecular weight is 290 g/mol. The van der Waals surface area contributed by atoms with Gasteiger partial charge in [-0.1, -0.05) is 18.2 Å². The summed E-state index contributed by atoms with van der Waals surface area (Å²) >= 11 is 0. The van der Waals surface area contributed by atoms with Gasteiger partial charge in [-0.3, -0.25) is 4.79 Å². The zero-order valence-corrected chi connectivity index (χ0v) is 12.4. The molecule has 2 fully saturated rings. The molecule has 0 radical (unpaired) electrons. The number of rotatable bonds is 2. The topological polar surface area (TPSA) is 53.0 Å². The zero-order chi connectivity index (χ0) is 14.8. The van der Waals surface area contributed by atoms with Crippen molar-refractivity contribution in [2.45, 2.75) is 12.5 Å². The molecule has 1 aromatic rings. The van der Waals surface area contributed by atoms with E-state index in [9.17, 15) is 9.90 Å². The van der Waals surface area contributed by atoms with Crippen LogP contribution in [0.15, 0.2) is 24.3 Å². The smallest absolute Gasteiger partial charge is 0.227 e. The molecule has 0 aliphatic carbocycles. The van der Waals surface area contributed by atoms with Crippen LogP contribution >= 0.6 is 0 Å². The number of hydrogen-bond donors (Lipinski definition) is 1. The molecule has 114 valence electrons. The maximum Gasteiger partial charge on any atom is 0.227 e. The Balaban J connectivity index is 1.76. The SMILES string of the molecule is CN1C[C@@H]2COC[C@H](C1)N(C(=O)Cc1ccccc1O)C2. The molecule has 2 bridgehead atoms. The predicted octanol–water partition coefficient (Wildman–Crippen LogP) is 0.724.